The molecule has 1 aliphatic heterocycles. The van der Waals surface area contributed by atoms with Gasteiger partial charge in [-0.2, -0.15) is 0 Å². The average molecular weight is 346 g/mol. The lowest BCUT2D eigenvalue weighted by molar-refractivity contribution is -0.137. The molecule has 0 saturated carbocycles. The number of carbonyl (C=O) groups is 3. The van der Waals surface area contributed by atoms with Crippen molar-refractivity contribution >= 4 is 23.5 Å². The number of benzene rings is 1. The second-order valence-corrected chi connectivity index (χ2v) is 6.42. The van der Waals surface area contributed by atoms with Gasteiger partial charge in [-0.25, -0.2) is 0 Å². The Kier molecular flexibility index (Phi) is 6.98. The standard InChI is InChI=1S/C19H26N2O4/c1-2-14-7-9-16(10-8-14)21-13-15(12-17(21)22)19(25)20-11-5-3-4-6-18(23)24/h7-10,15H,2-6,11-13H2,1H3,(H,20,25)(H,23,24). The van der Waals surface area contributed by atoms with Gasteiger partial charge in [-0.1, -0.05) is 25.5 Å². The summed E-state index contributed by atoms with van der Waals surface area (Å²) < 4.78 is 0. The highest BCUT2D eigenvalue weighted by molar-refractivity contribution is 6.00. The van der Waals surface area contributed by atoms with Crippen molar-refractivity contribution < 1.29 is 19.5 Å². The third-order valence-electron chi connectivity index (χ3n) is 4.52. The quantitative estimate of drug-likeness (QED) is 0.672. The van der Waals surface area contributed by atoms with Crippen molar-refractivity contribution in [2.45, 2.75) is 45.4 Å². The molecule has 0 spiro atoms. The number of nitrogens with one attached hydrogen (secondary N) is 1. The molecule has 1 fully saturated rings. The Bertz CT molecular complexity index is 612. The van der Waals surface area contributed by atoms with E-state index in [0.29, 0.717) is 19.5 Å². The summed E-state index contributed by atoms with van der Waals surface area (Å²) in [5.41, 5.74) is 2.05. The Morgan fingerprint density at radius 3 is 2.56 bits per heavy atom. The molecule has 1 aromatic rings. The highest BCUT2D eigenvalue weighted by atomic mass is 16.4. The van der Waals surface area contributed by atoms with E-state index in [1.165, 1.54) is 5.56 Å². The van der Waals surface area contributed by atoms with Crippen molar-refractivity contribution in [2.24, 2.45) is 5.92 Å². The minimum atomic E-state index is -0.791. The maximum atomic E-state index is 12.2. The van der Waals surface area contributed by atoms with E-state index >= 15 is 0 Å². The number of aryl methyl sites for hydroxylation is 1. The number of carboxylic acids is 1. The van der Waals surface area contributed by atoms with E-state index in [2.05, 4.69) is 12.2 Å². The zero-order valence-electron chi connectivity index (χ0n) is 14.7. The van der Waals surface area contributed by atoms with Crippen LogP contribution in [0.15, 0.2) is 24.3 Å². The van der Waals surface area contributed by atoms with E-state index in [4.69, 9.17) is 5.11 Å². The lowest BCUT2D eigenvalue weighted by atomic mass is 10.1. The zero-order chi connectivity index (χ0) is 18.2. The normalized spacial score (nSPS) is 16.9. The van der Waals surface area contributed by atoms with Gasteiger partial charge in [-0.3, -0.25) is 14.4 Å². The molecule has 0 aromatic heterocycles. The molecule has 1 atom stereocenters. The van der Waals surface area contributed by atoms with Crippen molar-refractivity contribution in [1.29, 1.82) is 0 Å². The fourth-order valence-corrected chi connectivity index (χ4v) is 2.98. The van der Waals surface area contributed by atoms with E-state index in [0.717, 1.165) is 24.9 Å². The smallest absolute Gasteiger partial charge is 0.303 e. The van der Waals surface area contributed by atoms with Crippen molar-refractivity contribution in [1.82, 2.24) is 5.32 Å². The first-order valence-electron chi connectivity index (χ1n) is 8.90. The van der Waals surface area contributed by atoms with Gasteiger partial charge in [0.05, 0.1) is 5.92 Å². The Labute approximate surface area is 148 Å². The molecule has 2 amide bonds. The molecule has 1 aromatic carbocycles. The predicted molar refractivity (Wildman–Crippen MR) is 95.4 cm³/mol. The Morgan fingerprint density at radius 2 is 1.92 bits per heavy atom. The topological polar surface area (TPSA) is 86.7 Å². The summed E-state index contributed by atoms with van der Waals surface area (Å²) in [6.07, 6.45) is 3.49. The molecular formula is C19H26N2O4. The van der Waals surface area contributed by atoms with Gasteiger partial charge in [0.2, 0.25) is 11.8 Å². The minimum Gasteiger partial charge on any atom is -0.481 e. The number of carboxylic acid groups (broad SMARTS) is 1. The Morgan fingerprint density at radius 1 is 1.20 bits per heavy atom. The van der Waals surface area contributed by atoms with Crippen LogP contribution in [0.25, 0.3) is 0 Å². The van der Waals surface area contributed by atoms with Crippen LogP contribution >= 0.6 is 0 Å². The summed E-state index contributed by atoms with van der Waals surface area (Å²) in [5, 5.41) is 11.4. The van der Waals surface area contributed by atoms with E-state index in [-0.39, 0.29) is 30.6 Å². The third-order valence-corrected chi connectivity index (χ3v) is 4.52. The fourth-order valence-electron chi connectivity index (χ4n) is 2.98. The Balaban J connectivity index is 1.76. The second kappa shape index (κ2) is 9.20. The lowest BCUT2D eigenvalue weighted by Crippen LogP contribution is -2.33. The number of rotatable bonds is 9. The van der Waals surface area contributed by atoms with E-state index in [1.807, 2.05) is 24.3 Å². The third kappa shape index (κ3) is 5.59. The number of hydrogen-bond donors (Lipinski definition) is 2. The number of hydrogen-bond acceptors (Lipinski definition) is 3. The molecule has 1 heterocycles. The molecule has 6 nitrogen and oxygen atoms in total. The number of anilines is 1. The van der Waals surface area contributed by atoms with Crippen molar-refractivity contribution in [2.75, 3.05) is 18.0 Å². The molecule has 1 saturated heterocycles. The second-order valence-electron chi connectivity index (χ2n) is 6.42. The van der Waals surface area contributed by atoms with Gasteiger partial charge in [0.25, 0.3) is 0 Å². The molecule has 2 rings (SSSR count). The van der Waals surface area contributed by atoms with Crippen LogP contribution in [-0.2, 0) is 20.8 Å². The molecule has 25 heavy (non-hydrogen) atoms. The van der Waals surface area contributed by atoms with E-state index in [9.17, 15) is 14.4 Å². The minimum absolute atomic E-state index is 0.0224. The van der Waals surface area contributed by atoms with Gasteiger partial charge < -0.3 is 15.3 Å². The first-order valence-corrected chi connectivity index (χ1v) is 8.90. The van der Waals surface area contributed by atoms with Crippen LogP contribution in [0.4, 0.5) is 5.69 Å². The molecule has 1 aliphatic rings. The fraction of sp³-hybridized carbons (Fsp3) is 0.526. The first-order chi connectivity index (χ1) is 12.0. The number of nitrogens with zero attached hydrogens (tertiary/aromatic N) is 1. The first kappa shape index (κ1) is 19.0. The molecule has 2 N–H and O–H groups in total. The van der Waals surface area contributed by atoms with Crippen LogP contribution in [0, 0.1) is 5.92 Å². The van der Waals surface area contributed by atoms with Crippen LogP contribution in [0.5, 0.6) is 0 Å². The predicted octanol–water partition coefficient (Wildman–Crippen LogP) is 2.36. The van der Waals surface area contributed by atoms with Crippen LogP contribution in [0.1, 0.15) is 44.6 Å². The molecule has 0 bridgehead atoms. The van der Waals surface area contributed by atoms with Gasteiger partial charge in [0.1, 0.15) is 0 Å². The monoisotopic (exact) mass is 346 g/mol. The van der Waals surface area contributed by atoms with Crippen molar-refractivity contribution in [3.05, 3.63) is 29.8 Å². The summed E-state index contributed by atoms with van der Waals surface area (Å²) in [5.74, 6) is -1.23. The van der Waals surface area contributed by atoms with Gasteiger partial charge in [0, 0.05) is 31.6 Å². The number of unbranched alkanes of at least 4 members (excludes halogenated alkanes) is 2. The van der Waals surface area contributed by atoms with Crippen molar-refractivity contribution in [3.63, 3.8) is 0 Å². The average Bonchev–Trinajstić information content (AvgIpc) is 2.99. The lowest BCUT2D eigenvalue weighted by Gasteiger charge is -2.17. The number of amides is 2. The summed E-state index contributed by atoms with van der Waals surface area (Å²) in [6.45, 7) is 3.02. The summed E-state index contributed by atoms with van der Waals surface area (Å²) in [7, 11) is 0. The maximum absolute atomic E-state index is 12.2. The number of carbonyl (C=O) groups excluding carboxylic acids is 2. The van der Waals surface area contributed by atoms with E-state index in [1.54, 1.807) is 4.90 Å². The van der Waals surface area contributed by atoms with Gasteiger partial charge >= 0.3 is 5.97 Å². The van der Waals surface area contributed by atoms with Crippen LogP contribution < -0.4 is 10.2 Å². The Hall–Kier alpha value is -2.37. The SMILES string of the molecule is CCc1ccc(N2CC(C(=O)NCCCCCC(=O)O)CC2=O)cc1. The maximum Gasteiger partial charge on any atom is 0.303 e. The van der Waals surface area contributed by atoms with Gasteiger partial charge in [-0.15, -0.1) is 0 Å². The molecular weight excluding hydrogens is 320 g/mol. The number of aliphatic carboxylic acids is 1. The van der Waals surface area contributed by atoms with E-state index < -0.39 is 5.97 Å². The molecule has 6 heteroatoms. The largest absolute Gasteiger partial charge is 0.481 e. The van der Waals surface area contributed by atoms with Crippen LogP contribution in [0.2, 0.25) is 0 Å². The summed E-state index contributed by atoms with van der Waals surface area (Å²) >= 11 is 0. The highest BCUT2D eigenvalue weighted by Gasteiger charge is 2.34. The molecule has 1 unspecified atom stereocenters. The van der Waals surface area contributed by atoms with Gasteiger partial charge in [0.15, 0.2) is 0 Å². The van der Waals surface area contributed by atoms with Crippen molar-refractivity contribution in [3.8, 4) is 0 Å². The molecule has 0 radical (unpaired) electrons. The molecule has 0 aliphatic carbocycles. The summed E-state index contributed by atoms with van der Waals surface area (Å²) in [4.78, 5) is 36.5. The summed E-state index contributed by atoms with van der Waals surface area (Å²) in [6, 6.07) is 7.87. The van der Waals surface area contributed by atoms with Crippen LogP contribution in [-0.4, -0.2) is 36.0 Å². The zero-order valence-corrected chi connectivity index (χ0v) is 14.7. The van der Waals surface area contributed by atoms with Crippen LogP contribution in [0.3, 0.4) is 0 Å². The molecule has 136 valence electrons. The highest BCUT2D eigenvalue weighted by Crippen LogP contribution is 2.25. The van der Waals surface area contributed by atoms with Gasteiger partial charge in [-0.05, 0) is 37.0 Å².